The largest absolute Gasteiger partial charge is 0.492 e. The lowest BCUT2D eigenvalue weighted by Gasteiger charge is -2.12. The van der Waals surface area contributed by atoms with Gasteiger partial charge in [-0.15, -0.1) is 0 Å². The van der Waals surface area contributed by atoms with E-state index < -0.39 is 6.03 Å². The highest BCUT2D eigenvalue weighted by Gasteiger charge is 2.09. The van der Waals surface area contributed by atoms with E-state index in [0.717, 1.165) is 0 Å². The van der Waals surface area contributed by atoms with Crippen molar-refractivity contribution in [3.8, 4) is 5.75 Å². The number of anilines is 1. The SMILES string of the molecule is CCOc1ccccc1NC(=O)NCC(=O)NCc1ccco1. The van der Waals surface area contributed by atoms with Crippen molar-refractivity contribution in [1.82, 2.24) is 10.6 Å². The van der Waals surface area contributed by atoms with Gasteiger partial charge >= 0.3 is 6.03 Å². The number of carbonyl (C=O) groups is 2. The summed E-state index contributed by atoms with van der Waals surface area (Å²) in [6.45, 7) is 2.50. The molecule has 1 heterocycles. The third-order valence-corrected chi connectivity index (χ3v) is 2.88. The first-order chi connectivity index (χ1) is 11.2. The van der Waals surface area contributed by atoms with E-state index in [4.69, 9.17) is 9.15 Å². The third kappa shape index (κ3) is 5.39. The molecule has 0 aliphatic rings. The number of nitrogens with one attached hydrogen (secondary N) is 3. The van der Waals surface area contributed by atoms with Crippen LogP contribution in [0.4, 0.5) is 10.5 Å². The van der Waals surface area contributed by atoms with Crippen LogP contribution in [0.25, 0.3) is 0 Å². The van der Waals surface area contributed by atoms with Crippen molar-refractivity contribution in [2.24, 2.45) is 0 Å². The summed E-state index contributed by atoms with van der Waals surface area (Å²) in [5.41, 5.74) is 0.544. The van der Waals surface area contributed by atoms with Gasteiger partial charge in [0.1, 0.15) is 11.5 Å². The molecule has 0 unspecified atom stereocenters. The number of amides is 3. The average Bonchev–Trinajstić information content (AvgIpc) is 3.06. The molecule has 7 heteroatoms. The molecule has 1 aromatic carbocycles. The second kappa shape index (κ2) is 8.47. The molecule has 2 aromatic rings. The summed E-state index contributed by atoms with van der Waals surface area (Å²) in [6, 6.07) is 10.1. The Balaban J connectivity index is 1.75. The lowest BCUT2D eigenvalue weighted by Crippen LogP contribution is -2.38. The number of para-hydroxylation sites is 2. The van der Waals surface area contributed by atoms with E-state index in [1.807, 2.05) is 13.0 Å². The molecule has 0 saturated heterocycles. The normalized spacial score (nSPS) is 9.96. The van der Waals surface area contributed by atoms with Gasteiger partial charge in [-0.2, -0.15) is 0 Å². The fourth-order valence-corrected chi connectivity index (χ4v) is 1.84. The second-order valence-electron chi connectivity index (χ2n) is 4.59. The smallest absolute Gasteiger partial charge is 0.319 e. The van der Waals surface area contributed by atoms with Gasteiger partial charge in [0, 0.05) is 0 Å². The summed E-state index contributed by atoms with van der Waals surface area (Å²) in [4.78, 5) is 23.5. The monoisotopic (exact) mass is 317 g/mol. The van der Waals surface area contributed by atoms with Crippen LogP contribution in [0, 0.1) is 0 Å². The van der Waals surface area contributed by atoms with Gasteiger partial charge in [-0.25, -0.2) is 4.79 Å². The van der Waals surface area contributed by atoms with E-state index in [2.05, 4.69) is 16.0 Å². The number of hydrogen-bond acceptors (Lipinski definition) is 4. The Hall–Kier alpha value is -2.96. The van der Waals surface area contributed by atoms with E-state index in [1.165, 1.54) is 6.26 Å². The molecular formula is C16H19N3O4. The second-order valence-corrected chi connectivity index (χ2v) is 4.59. The molecule has 3 amide bonds. The Labute approximate surface area is 134 Å². The zero-order valence-electron chi connectivity index (χ0n) is 12.8. The van der Waals surface area contributed by atoms with Crippen molar-refractivity contribution >= 4 is 17.6 Å². The Morgan fingerprint density at radius 3 is 2.70 bits per heavy atom. The molecular weight excluding hydrogens is 298 g/mol. The lowest BCUT2D eigenvalue weighted by atomic mass is 10.3. The van der Waals surface area contributed by atoms with E-state index >= 15 is 0 Å². The van der Waals surface area contributed by atoms with Crippen LogP contribution >= 0.6 is 0 Å². The van der Waals surface area contributed by atoms with Crippen LogP contribution in [-0.4, -0.2) is 25.1 Å². The van der Waals surface area contributed by atoms with Gasteiger partial charge in [-0.3, -0.25) is 4.79 Å². The van der Waals surface area contributed by atoms with Crippen molar-refractivity contribution in [1.29, 1.82) is 0 Å². The van der Waals surface area contributed by atoms with Crippen molar-refractivity contribution in [2.45, 2.75) is 13.5 Å². The first-order valence-corrected chi connectivity index (χ1v) is 7.24. The highest BCUT2D eigenvalue weighted by Crippen LogP contribution is 2.23. The van der Waals surface area contributed by atoms with Gasteiger partial charge in [-0.05, 0) is 31.2 Å². The van der Waals surface area contributed by atoms with Crippen LogP contribution in [0.1, 0.15) is 12.7 Å². The van der Waals surface area contributed by atoms with Gasteiger partial charge in [0.2, 0.25) is 5.91 Å². The maximum Gasteiger partial charge on any atom is 0.319 e. The standard InChI is InChI=1S/C16H19N3O4/c1-2-22-14-8-4-3-7-13(14)19-16(21)18-11-15(20)17-10-12-6-5-9-23-12/h3-9H,2,10-11H2,1H3,(H,17,20)(H2,18,19,21). The van der Waals surface area contributed by atoms with Crippen LogP contribution in [0.2, 0.25) is 0 Å². The molecule has 122 valence electrons. The maximum atomic E-state index is 11.8. The van der Waals surface area contributed by atoms with Crippen molar-refractivity contribution < 1.29 is 18.7 Å². The molecule has 0 bridgehead atoms. The summed E-state index contributed by atoms with van der Waals surface area (Å²) in [7, 11) is 0. The lowest BCUT2D eigenvalue weighted by molar-refractivity contribution is -0.120. The van der Waals surface area contributed by atoms with Gasteiger partial charge in [-0.1, -0.05) is 12.1 Å². The number of hydrogen-bond donors (Lipinski definition) is 3. The van der Waals surface area contributed by atoms with Crippen LogP contribution in [0.3, 0.4) is 0 Å². The Bertz CT molecular complexity index is 641. The predicted octanol–water partition coefficient (Wildman–Crippen LogP) is 2.12. The average molecular weight is 317 g/mol. The minimum Gasteiger partial charge on any atom is -0.492 e. The van der Waals surface area contributed by atoms with Crippen LogP contribution < -0.4 is 20.7 Å². The first-order valence-electron chi connectivity index (χ1n) is 7.24. The first kappa shape index (κ1) is 16.4. The van der Waals surface area contributed by atoms with Crippen molar-refractivity contribution in [3.63, 3.8) is 0 Å². The molecule has 0 aliphatic carbocycles. The van der Waals surface area contributed by atoms with Gasteiger partial charge < -0.3 is 25.1 Å². The zero-order chi connectivity index (χ0) is 16.5. The Morgan fingerprint density at radius 2 is 1.96 bits per heavy atom. The molecule has 0 atom stereocenters. The van der Waals surface area contributed by atoms with Crippen molar-refractivity contribution in [2.75, 3.05) is 18.5 Å². The summed E-state index contributed by atoms with van der Waals surface area (Å²) in [6.07, 6.45) is 1.53. The minimum absolute atomic E-state index is 0.136. The minimum atomic E-state index is -0.481. The quantitative estimate of drug-likeness (QED) is 0.729. The van der Waals surface area contributed by atoms with Crippen LogP contribution in [0.5, 0.6) is 5.75 Å². The number of furan rings is 1. The number of carbonyl (C=O) groups excluding carboxylic acids is 2. The van der Waals surface area contributed by atoms with Crippen molar-refractivity contribution in [3.05, 3.63) is 48.4 Å². The summed E-state index contributed by atoms with van der Waals surface area (Å²) >= 11 is 0. The van der Waals surface area contributed by atoms with Gasteiger partial charge in [0.25, 0.3) is 0 Å². The molecule has 0 saturated carbocycles. The number of ether oxygens (including phenoxy) is 1. The molecule has 0 aliphatic heterocycles. The maximum absolute atomic E-state index is 11.8. The number of rotatable bonds is 7. The highest BCUT2D eigenvalue weighted by molar-refractivity contribution is 5.93. The molecule has 23 heavy (non-hydrogen) atoms. The zero-order valence-corrected chi connectivity index (χ0v) is 12.8. The van der Waals surface area contributed by atoms with E-state index in [-0.39, 0.29) is 19.0 Å². The van der Waals surface area contributed by atoms with Gasteiger partial charge in [0.05, 0.1) is 31.6 Å². The molecule has 1 aromatic heterocycles. The Morgan fingerprint density at radius 1 is 1.13 bits per heavy atom. The summed E-state index contributed by atoms with van der Waals surface area (Å²) in [5, 5.41) is 7.76. The molecule has 0 spiro atoms. The molecule has 3 N–H and O–H groups in total. The fraction of sp³-hybridized carbons (Fsp3) is 0.250. The highest BCUT2D eigenvalue weighted by atomic mass is 16.5. The summed E-state index contributed by atoms with van der Waals surface area (Å²) in [5.74, 6) is 0.913. The number of urea groups is 1. The number of benzene rings is 1. The molecule has 0 fully saturated rings. The third-order valence-electron chi connectivity index (χ3n) is 2.88. The Kier molecular flexibility index (Phi) is 6.05. The van der Waals surface area contributed by atoms with E-state index in [9.17, 15) is 9.59 Å². The van der Waals surface area contributed by atoms with E-state index in [0.29, 0.717) is 23.8 Å². The van der Waals surface area contributed by atoms with Crippen LogP contribution in [0.15, 0.2) is 47.1 Å². The van der Waals surface area contributed by atoms with Crippen LogP contribution in [-0.2, 0) is 11.3 Å². The molecule has 7 nitrogen and oxygen atoms in total. The molecule has 0 radical (unpaired) electrons. The fourth-order valence-electron chi connectivity index (χ4n) is 1.84. The van der Waals surface area contributed by atoms with Gasteiger partial charge in [0.15, 0.2) is 0 Å². The molecule has 2 rings (SSSR count). The van der Waals surface area contributed by atoms with E-state index in [1.54, 1.807) is 30.3 Å². The summed E-state index contributed by atoms with van der Waals surface area (Å²) < 4.78 is 10.5. The predicted molar refractivity (Wildman–Crippen MR) is 85.2 cm³/mol. The topological polar surface area (TPSA) is 92.6 Å².